The molecule has 8 nitrogen and oxygen atoms in total. The molecule has 0 amide bonds. The lowest BCUT2D eigenvalue weighted by atomic mass is 10.2. The van der Waals surface area contributed by atoms with E-state index in [1.54, 1.807) is 18.2 Å². The number of guanidine groups is 1. The molecule has 0 radical (unpaired) electrons. The van der Waals surface area contributed by atoms with Gasteiger partial charge in [-0.05, 0) is 25.1 Å². The smallest absolute Gasteiger partial charge is 0.461 e. The van der Waals surface area contributed by atoms with E-state index in [0.717, 1.165) is 0 Å². The number of ether oxygens (including phenoxy) is 1. The molecule has 0 aliphatic rings. The second kappa shape index (κ2) is 10.8. The zero-order valence-corrected chi connectivity index (χ0v) is 18.2. The van der Waals surface area contributed by atoms with Gasteiger partial charge in [0.15, 0.2) is 11.7 Å². The van der Waals surface area contributed by atoms with E-state index in [1.807, 2.05) is 6.92 Å². The quantitative estimate of drug-likeness (QED) is 0.241. The average molecular weight is 536 g/mol. The van der Waals surface area contributed by atoms with Crippen LogP contribution in [0.1, 0.15) is 18.3 Å². The van der Waals surface area contributed by atoms with Gasteiger partial charge in [-0.25, -0.2) is 9.98 Å². The van der Waals surface area contributed by atoms with Crippen LogP contribution >= 0.6 is 24.0 Å². The molecule has 3 aromatic rings. The number of para-hydroxylation sites is 1. The molecule has 162 valence electrons. The lowest BCUT2D eigenvalue weighted by molar-refractivity contribution is -0.274. The van der Waals surface area contributed by atoms with Crippen LogP contribution in [0.3, 0.4) is 0 Å². The molecule has 3 rings (SSSR count). The second-order valence-electron chi connectivity index (χ2n) is 5.79. The van der Waals surface area contributed by atoms with Crippen molar-refractivity contribution in [3.8, 4) is 17.3 Å². The number of halogens is 4. The Hall–Kier alpha value is -2.77. The minimum Gasteiger partial charge on any atom is -0.461 e. The van der Waals surface area contributed by atoms with E-state index >= 15 is 0 Å². The summed E-state index contributed by atoms with van der Waals surface area (Å²) in [6.07, 6.45) is -3.24. The number of benzene rings is 1. The van der Waals surface area contributed by atoms with E-state index in [4.69, 9.17) is 4.42 Å². The third-order valence-electron chi connectivity index (χ3n) is 3.65. The Kier molecular flexibility index (Phi) is 8.50. The zero-order valence-electron chi connectivity index (χ0n) is 15.9. The fourth-order valence-corrected chi connectivity index (χ4v) is 2.42. The maximum absolute atomic E-state index is 12.5. The first-order valence-corrected chi connectivity index (χ1v) is 8.75. The van der Waals surface area contributed by atoms with Gasteiger partial charge in [0.1, 0.15) is 11.6 Å². The lowest BCUT2D eigenvalue weighted by Gasteiger charge is -2.13. The minimum atomic E-state index is -4.76. The van der Waals surface area contributed by atoms with Gasteiger partial charge in [0.2, 0.25) is 5.82 Å². The Bertz CT molecular complexity index is 944. The van der Waals surface area contributed by atoms with E-state index in [2.05, 4.69) is 35.5 Å². The summed E-state index contributed by atoms with van der Waals surface area (Å²) in [7, 11) is 0. The van der Waals surface area contributed by atoms with E-state index in [9.17, 15) is 13.2 Å². The predicted octanol–water partition coefficient (Wildman–Crippen LogP) is 3.84. The van der Waals surface area contributed by atoms with E-state index < -0.39 is 6.36 Å². The van der Waals surface area contributed by atoms with Crippen LogP contribution in [0.2, 0.25) is 0 Å². The maximum atomic E-state index is 12.5. The lowest BCUT2D eigenvalue weighted by Crippen LogP contribution is -2.37. The van der Waals surface area contributed by atoms with Crippen molar-refractivity contribution in [1.82, 2.24) is 25.8 Å². The number of nitrogens with zero attached hydrogens (tertiary/aromatic N) is 3. The molecule has 2 aromatic heterocycles. The minimum absolute atomic E-state index is 0. The largest absolute Gasteiger partial charge is 0.573 e. The summed E-state index contributed by atoms with van der Waals surface area (Å²) < 4.78 is 46.9. The van der Waals surface area contributed by atoms with Crippen molar-refractivity contribution in [3.63, 3.8) is 0 Å². The van der Waals surface area contributed by atoms with Crippen molar-refractivity contribution in [2.75, 3.05) is 6.54 Å². The van der Waals surface area contributed by atoms with Crippen LogP contribution in [0.5, 0.6) is 5.75 Å². The fraction of sp³-hybridized carbons (Fsp3) is 0.278. The van der Waals surface area contributed by atoms with Gasteiger partial charge in [-0.1, -0.05) is 18.2 Å². The van der Waals surface area contributed by atoms with E-state index in [-0.39, 0.29) is 42.8 Å². The molecule has 2 heterocycles. The molecule has 0 fully saturated rings. The molecule has 0 aliphatic heterocycles. The molecule has 12 heteroatoms. The van der Waals surface area contributed by atoms with Gasteiger partial charge >= 0.3 is 6.36 Å². The number of hydrogen-bond donors (Lipinski definition) is 3. The van der Waals surface area contributed by atoms with Crippen LogP contribution in [0.4, 0.5) is 13.2 Å². The number of aromatic amines is 1. The molecule has 0 atom stereocenters. The van der Waals surface area contributed by atoms with Crippen molar-refractivity contribution in [1.29, 1.82) is 0 Å². The molecule has 30 heavy (non-hydrogen) atoms. The number of nitrogens with one attached hydrogen (secondary N) is 3. The normalized spacial score (nSPS) is 11.7. The summed E-state index contributed by atoms with van der Waals surface area (Å²) in [5.41, 5.74) is 0.307. The summed E-state index contributed by atoms with van der Waals surface area (Å²) in [5, 5.41) is 12.9. The molecule has 1 aromatic carbocycles. The highest BCUT2D eigenvalue weighted by Gasteiger charge is 2.31. The number of aromatic nitrogens is 3. The highest BCUT2D eigenvalue weighted by Crippen LogP contribution is 2.26. The SMILES string of the molecule is CCNC(=NCc1ccccc1OC(F)(F)F)NCc1nc(-c2ccco2)n[nH]1.I. The summed E-state index contributed by atoms with van der Waals surface area (Å²) in [6, 6.07) is 9.35. The number of H-pyrrole nitrogens is 1. The van der Waals surface area contributed by atoms with E-state index in [0.29, 0.717) is 35.5 Å². The van der Waals surface area contributed by atoms with Crippen LogP contribution in [0.25, 0.3) is 11.6 Å². The number of aliphatic imine (C=N–C) groups is 1. The molecule has 0 unspecified atom stereocenters. The van der Waals surface area contributed by atoms with Gasteiger partial charge in [0.25, 0.3) is 0 Å². The molecule has 0 bridgehead atoms. The molecule has 3 N–H and O–H groups in total. The maximum Gasteiger partial charge on any atom is 0.573 e. The van der Waals surface area contributed by atoms with Gasteiger partial charge in [0, 0.05) is 12.1 Å². The number of furan rings is 1. The summed E-state index contributed by atoms with van der Waals surface area (Å²) in [6.45, 7) is 2.72. The van der Waals surface area contributed by atoms with Crippen molar-refractivity contribution in [2.45, 2.75) is 26.4 Å². The first kappa shape index (κ1) is 23.5. The van der Waals surface area contributed by atoms with Crippen molar-refractivity contribution in [2.24, 2.45) is 4.99 Å². The first-order valence-electron chi connectivity index (χ1n) is 8.75. The highest BCUT2D eigenvalue weighted by atomic mass is 127. The van der Waals surface area contributed by atoms with Crippen LogP contribution in [-0.2, 0) is 13.1 Å². The molecular weight excluding hydrogens is 516 g/mol. The zero-order chi connectivity index (χ0) is 20.7. The predicted molar refractivity (Wildman–Crippen MR) is 114 cm³/mol. The summed E-state index contributed by atoms with van der Waals surface area (Å²) in [5.74, 6) is 1.63. The molecule has 0 spiro atoms. The Labute approximate surface area is 187 Å². The van der Waals surface area contributed by atoms with Crippen LogP contribution < -0.4 is 15.4 Å². The summed E-state index contributed by atoms with van der Waals surface area (Å²) >= 11 is 0. The monoisotopic (exact) mass is 536 g/mol. The van der Waals surface area contributed by atoms with Crippen molar-refractivity contribution < 1.29 is 22.3 Å². The Morgan fingerprint density at radius 3 is 2.70 bits per heavy atom. The van der Waals surface area contributed by atoms with Crippen LogP contribution in [0.15, 0.2) is 52.1 Å². The van der Waals surface area contributed by atoms with Crippen molar-refractivity contribution in [3.05, 3.63) is 54.0 Å². The topological polar surface area (TPSA) is 100 Å². The van der Waals surface area contributed by atoms with Gasteiger partial charge in [-0.15, -0.1) is 42.2 Å². The third kappa shape index (κ3) is 6.93. The van der Waals surface area contributed by atoms with Crippen LogP contribution in [0, 0.1) is 0 Å². The summed E-state index contributed by atoms with van der Waals surface area (Å²) in [4.78, 5) is 8.62. The van der Waals surface area contributed by atoms with Crippen LogP contribution in [-0.4, -0.2) is 34.0 Å². The second-order valence-corrected chi connectivity index (χ2v) is 5.79. The van der Waals surface area contributed by atoms with E-state index in [1.165, 1.54) is 24.5 Å². The van der Waals surface area contributed by atoms with Gasteiger partial charge in [-0.2, -0.15) is 0 Å². The molecular formula is C18H20F3IN6O2. The highest BCUT2D eigenvalue weighted by molar-refractivity contribution is 14.0. The van der Waals surface area contributed by atoms with Gasteiger partial charge in [0.05, 0.1) is 19.4 Å². The van der Waals surface area contributed by atoms with Gasteiger partial charge in [-0.3, -0.25) is 5.10 Å². The number of hydrogen-bond acceptors (Lipinski definition) is 5. The van der Waals surface area contributed by atoms with Crippen molar-refractivity contribution >= 4 is 29.9 Å². The molecule has 0 saturated carbocycles. The third-order valence-corrected chi connectivity index (χ3v) is 3.65. The average Bonchev–Trinajstić information content (AvgIpc) is 3.35. The first-order chi connectivity index (χ1) is 13.9. The Morgan fingerprint density at radius 1 is 1.20 bits per heavy atom. The Morgan fingerprint density at radius 2 is 2.00 bits per heavy atom. The molecule has 0 aliphatic carbocycles. The number of alkyl halides is 3. The Balaban J connectivity index is 0.00000320. The molecule has 0 saturated heterocycles. The number of rotatable bonds is 7. The fourth-order valence-electron chi connectivity index (χ4n) is 2.42. The standard InChI is InChI=1S/C18H19F3N6O2.HI/c1-2-22-17(23-10-12-6-3-4-7-13(12)29-18(19,20)21)24-11-15-25-16(27-26-15)14-8-5-9-28-14;/h3-9H,2,10-11H2,1H3,(H2,22,23,24)(H,25,26,27);1H. The van der Waals surface area contributed by atoms with Gasteiger partial charge < -0.3 is 19.8 Å².